The van der Waals surface area contributed by atoms with E-state index in [1.165, 1.54) is 12.8 Å². The normalized spacial score (nSPS) is 18.6. The molecule has 1 aromatic carbocycles. The second-order valence-electron chi connectivity index (χ2n) is 5.23. The lowest BCUT2D eigenvalue weighted by atomic mass is 9.99. The van der Waals surface area contributed by atoms with Crippen LogP contribution in [0.5, 0.6) is 5.75 Å². The van der Waals surface area contributed by atoms with Gasteiger partial charge in [-0.25, -0.2) is 0 Å². The van der Waals surface area contributed by atoms with Gasteiger partial charge >= 0.3 is 0 Å². The third-order valence-corrected chi connectivity index (χ3v) is 3.78. The molecule has 1 saturated heterocycles. The lowest BCUT2D eigenvalue weighted by Crippen LogP contribution is -2.40. The average molecular weight is 297 g/mol. The summed E-state index contributed by atoms with van der Waals surface area (Å²) in [5.41, 5.74) is 0. The zero-order valence-corrected chi connectivity index (χ0v) is 12.5. The molecule has 0 spiro atoms. The second-order valence-corrected chi connectivity index (χ2v) is 5.67. The van der Waals surface area contributed by atoms with Crippen molar-refractivity contribution in [1.29, 1.82) is 0 Å². The maximum atomic E-state index is 12.0. The Bertz CT molecular complexity index is 430. The van der Waals surface area contributed by atoms with Crippen LogP contribution in [0, 0.1) is 5.92 Å². The molecule has 1 unspecified atom stereocenters. The summed E-state index contributed by atoms with van der Waals surface area (Å²) in [7, 11) is 1.84. The number of carbonyl (C=O) groups is 1. The van der Waals surface area contributed by atoms with Crippen LogP contribution >= 0.6 is 11.6 Å². The average Bonchev–Trinajstić information content (AvgIpc) is 2.47. The van der Waals surface area contributed by atoms with Gasteiger partial charge in [0.25, 0.3) is 5.91 Å². The lowest BCUT2D eigenvalue weighted by molar-refractivity contribution is -0.132. The summed E-state index contributed by atoms with van der Waals surface area (Å²) in [5.74, 6) is 1.22. The van der Waals surface area contributed by atoms with E-state index in [1.807, 2.05) is 7.05 Å². The van der Waals surface area contributed by atoms with Gasteiger partial charge in [-0.1, -0.05) is 11.6 Å². The predicted octanol–water partition coefficient (Wildman–Crippen LogP) is 2.18. The van der Waals surface area contributed by atoms with Gasteiger partial charge < -0.3 is 15.0 Å². The van der Waals surface area contributed by atoms with Crippen LogP contribution in [0.4, 0.5) is 0 Å². The van der Waals surface area contributed by atoms with Gasteiger partial charge in [0.15, 0.2) is 6.61 Å². The van der Waals surface area contributed by atoms with Crippen molar-refractivity contribution in [1.82, 2.24) is 10.2 Å². The Kier molecular flexibility index (Phi) is 5.68. The molecule has 1 aliphatic rings. The molecule has 0 radical (unpaired) electrons. The minimum Gasteiger partial charge on any atom is -0.484 e. The molecule has 1 amide bonds. The highest BCUT2D eigenvalue weighted by Gasteiger charge is 2.18. The van der Waals surface area contributed by atoms with Gasteiger partial charge in [0, 0.05) is 18.6 Å². The van der Waals surface area contributed by atoms with Crippen LogP contribution in [-0.4, -0.2) is 44.1 Å². The zero-order chi connectivity index (χ0) is 14.4. The molecule has 1 N–H and O–H groups in total. The molecule has 0 saturated carbocycles. The first-order valence-electron chi connectivity index (χ1n) is 6.98. The minimum absolute atomic E-state index is 0.00511. The van der Waals surface area contributed by atoms with Crippen LogP contribution in [0.1, 0.15) is 12.8 Å². The fourth-order valence-corrected chi connectivity index (χ4v) is 2.48. The number of likely N-dealkylation sites (N-methyl/N-ethyl adjacent to an activating group) is 1. The Morgan fingerprint density at radius 3 is 2.85 bits per heavy atom. The highest BCUT2D eigenvalue weighted by molar-refractivity contribution is 6.30. The van der Waals surface area contributed by atoms with Crippen molar-refractivity contribution in [2.45, 2.75) is 12.8 Å². The monoisotopic (exact) mass is 296 g/mol. The van der Waals surface area contributed by atoms with E-state index in [2.05, 4.69) is 5.32 Å². The largest absolute Gasteiger partial charge is 0.484 e. The second kappa shape index (κ2) is 7.50. The van der Waals surface area contributed by atoms with Gasteiger partial charge in [0.05, 0.1) is 0 Å². The molecular formula is C15H21ClN2O2. The number of ether oxygens (including phenoxy) is 1. The fraction of sp³-hybridized carbons (Fsp3) is 0.533. The molecule has 4 nitrogen and oxygen atoms in total. The third kappa shape index (κ3) is 4.69. The smallest absolute Gasteiger partial charge is 0.260 e. The highest BCUT2D eigenvalue weighted by atomic mass is 35.5. The number of nitrogens with one attached hydrogen (secondary N) is 1. The maximum Gasteiger partial charge on any atom is 0.260 e. The van der Waals surface area contributed by atoms with Crippen molar-refractivity contribution in [3.05, 3.63) is 29.3 Å². The van der Waals surface area contributed by atoms with E-state index in [9.17, 15) is 4.79 Å². The molecule has 110 valence electrons. The number of carbonyl (C=O) groups excluding carboxylic acids is 1. The van der Waals surface area contributed by atoms with Crippen molar-refractivity contribution < 1.29 is 9.53 Å². The first-order valence-corrected chi connectivity index (χ1v) is 7.36. The molecule has 1 atom stereocenters. The van der Waals surface area contributed by atoms with Crippen LogP contribution < -0.4 is 10.1 Å². The van der Waals surface area contributed by atoms with Gasteiger partial charge in [-0.05, 0) is 56.1 Å². The molecule has 1 fully saturated rings. The maximum absolute atomic E-state index is 12.0. The fourth-order valence-electron chi connectivity index (χ4n) is 2.36. The summed E-state index contributed by atoms with van der Waals surface area (Å²) in [5, 5.41) is 4.02. The molecule has 1 aliphatic heterocycles. The van der Waals surface area contributed by atoms with Gasteiger partial charge in [-0.3, -0.25) is 4.79 Å². The number of benzene rings is 1. The van der Waals surface area contributed by atoms with Gasteiger partial charge in [0.2, 0.25) is 0 Å². The van der Waals surface area contributed by atoms with E-state index in [-0.39, 0.29) is 12.5 Å². The Labute approximate surface area is 125 Å². The molecule has 5 heteroatoms. The van der Waals surface area contributed by atoms with Crippen LogP contribution in [0.2, 0.25) is 5.02 Å². The molecule has 0 aliphatic carbocycles. The number of halogens is 1. The Balaban J connectivity index is 1.74. The van der Waals surface area contributed by atoms with E-state index in [4.69, 9.17) is 16.3 Å². The van der Waals surface area contributed by atoms with Crippen LogP contribution in [0.15, 0.2) is 24.3 Å². The SMILES string of the molecule is CN(CC1CCCNC1)C(=O)COc1ccc(Cl)cc1. The van der Waals surface area contributed by atoms with Crippen molar-refractivity contribution in [2.24, 2.45) is 5.92 Å². The standard InChI is InChI=1S/C15H21ClN2O2/c1-18(10-12-3-2-8-17-9-12)15(19)11-20-14-6-4-13(16)5-7-14/h4-7,12,17H,2-3,8-11H2,1H3. The van der Waals surface area contributed by atoms with Crippen molar-refractivity contribution in [3.8, 4) is 5.75 Å². The molecule has 0 bridgehead atoms. The molecular weight excluding hydrogens is 276 g/mol. The zero-order valence-electron chi connectivity index (χ0n) is 11.8. The number of hydrogen-bond donors (Lipinski definition) is 1. The van der Waals surface area contributed by atoms with E-state index < -0.39 is 0 Å². The van der Waals surface area contributed by atoms with Gasteiger partial charge in [0.1, 0.15) is 5.75 Å². The van der Waals surface area contributed by atoms with E-state index in [0.717, 1.165) is 19.6 Å². The first kappa shape index (κ1) is 15.1. The minimum atomic E-state index is 0.00511. The Morgan fingerprint density at radius 1 is 1.45 bits per heavy atom. The quantitative estimate of drug-likeness (QED) is 0.905. The number of nitrogens with zero attached hydrogens (tertiary/aromatic N) is 1. The number of rotatable bonds is 5. The van der Waals surface area contributed by atoms with Crippen LogP contribution in [0.3, 0.4) is 0 Å². The number of amides is 1. The molecule has 0 aromatic heterocycles. The Hall–Kier alpha value is -1.26. The van der Waals surface area contributed by atoms with Crippen molar-refractivity contribution in [2.75, 3.05) is 33.3 Å². The summed E-state index contributed by atoms with van der Waals surface area (Å²) >= 11 is 5.80. The van der Waals surface area contributed by atoms with E-state index in [1.54, 1.807) is 29.2 Å². The van der Waals surface area contributed by atoms with E-state index >= 15 is 0 Å². The van der Waals surface area contributed by atoms with E-state index in [0.29, 0.717) is 16.7 Å². The number of piperidine rings is 1. The molecule has 2 rings (SSSR count). The lowest BCUT2D eigenvalue weighted by Gasteiger charge is -2.27. The highest BCUT2D eigenvalue weighted by Crippen LogP contribution is 2.16. The topological polar surface area (TPSA) is 41.6 Å². The molecule has 1 heterocycles. The van der Waals surface area contributed by atoms with Crippen molar-refractivity contribution >= 4 is 17.5 Å². The summed E-state index contributed by atoms with van der Waals surface area (Å²) < 4.78 is 5.47. The summed E-state index contributed by atoms with van der Waals surface area (Å²) in [6.45, 7) is 2.94. The Morgan fingerprint density at radius 2 is 2.20 bits per heavy atom. The van der Waals surface area contributed by atoms with Gasteiger partial charge in [-0.15, -0.1) is 0 Å². The first-order chi connectivity index (χ1) is 9.65. The summed E-state index contributed by atoms with van der Waals surface area (Å²) in [6.07, 6.45) is 2.37. The van der Waals surface area contributed by atoms with Crippen LogP contribution in [-0.2, 0) is 4.79 Å². The molecule has 1 aromatic rings. The predicted molar refractivity (Wildman–Crippen MR) is 80.2 cm³/mol. The number of hydrogen-bond acceptors (Lipinski definition) is 3. The summed E-state index contributed by atoms with van der Waals surface area (Å²) in [6, 6.07) is 7.03. The van der Waals surface area contributed by atoms with Crippen LogP contribution in [0.25, 0.3) is 0 Å². The molecule has 20 heavy (non-hydrogen) atoms. The van der Waals surface area contributed by atoms with Gasteiger partial charge in [-0.2, -0.15) is 0 Å². The third-order valence-electron chi connectivity index (χ3n) is 3.53. The summed E-state index contributed by atoms with van der Waals surface area (Å²) in [4.78, 5) is 13.8. The van der Waals surface area contributed by atoms with Crippen molar-refractivity contribution in [3.63, 3.8) is 0 Å².